The first-order valence-electron chi connectivity index (χ1n) is 30.8. The minimum absolute atomic E-state index is 0.0125. The zero-order valence-electron chi connectivity index (χ0n) is 45.7. The summed E-state index contributed by atoms with van der Waals surface area (Å²) in [4.78, 5) is 24.5. The number of rotatable bonds is 58. The van der Waals surface area contributed by atoms with E-state index in [1.165, 1.54) is 283 Å². The van der Waals surface area contributed by atoms with Crippen LogP contribution in [0.25, 0.3) is 0 Å². The van der Waals surface area contributed by atoms with Crippen molar-refractivity contribution in [3.8, 4) is 0 Å². The molecule has 0 heterocycles. The summed E-state index contributed by atoms with van der Waals surface area (Å²) in [6.07, 6.45) is 66.7. The number of hydrogen-bond acceptors (Lipinski definition) is 5. The highest BCUT2D eigenvalue weighted by molar-refractivity contribution is 5.76. The lowest BCUT2D eigenvalue weighted by Gasteiger charge is -2.22. The van der Waals surface area contributed by atoms with Gasteiger partial charge >= 0.3 is 5.97 Å². The van der Waals surface area contributed by atoms with Crippen LogP contribution in [0, 0.1) is 0 Å². The summed E-state index contributed by atoms with van der Waals surface area (Å²) < 4.78 is 5.48. The smallest absolute Gasteiger partial charge is 0.305 e. The third-order valence-corrected chi connectivity index (χ3v) is 14.7. The van der Waals surface area contributed by atoms with E-state index in [1.807, 2.05) is 0 Å². The number of unbranched alkanes of at least 4 members (excludes halogenated alkanes) is 47. The van der Waals surface area contributed by atoms with E-state index in [0.29, 0.717) is 25.9 Å². The second-order valence-electron chi connectivity index (χ2n) is 21.4. The van der Waals surface area contributed by atoms with Crippen LogP contribution >= 0.6 is 0 Å². The van der Waals surface area contributed by atoms with Crippen molar-refractivity contribution in [3.05, 3.63) is 0 Å². The highest BCUT2D eigenvalue weighted by atomic mass is 16.5. The van der Waals surface area contributed by atoms with Gasteiger partial charge in [0.15, 0.2) is 0 Å². The average Bonchev–Trinajstić information content (AvgIpc) is 3.33. The van der Waals surface area contributed by atoms with Crippen LogP contribution in [0.5, 0.6) is 0 Å². The largest absolute Gasteiger partial charge is 0.466 e. The summed E-state index contributed by atoms with van der Waals surface area (Å²) in [5, 5.41) is 23.3. The maximum absolute atomic E-state index is 12.5. The first-order valence-corrected chi connectivity index (χ1v) is 30.8. The average molecular weight is 949 g/mol. The first-order chi connectivity index (χ1) is 33.0. The fourth-order valence-electron chi connectivity index (χ4n) is 9.94. The Balaban J connectivity index is 3.38. The number of nitrogens with one attached hydrogen (secondary N) is 1. The molecule has 1 amide bonds. The number of hydrogen-bond donors (Lipinski definition) is 3. The van der Waals surface area contributed by atoms with Crippen molar-refractivity contribution in [3.63, 3.8) is 0 Å². The number of carbonyl (C=O) groups is 2. The van der Waals surface area contributed by atoms with E-state index in [-0.39, 0.29) is 18.5 Å². The van der Waals surface area contributed by atoms with Crippen molar-refractivity contribution in [1.82, 2.24) is 5.32 Å². The Morgan fingerprint density at radius 1 is 0.358 bits per heavy atom. The lowest BCUT2D eigenvalue weighted by Crippen LogP contribution is -2.45. The Morgan fingerprint density at radius 3 is 0.910 bits per heavy atom. The van der Waals surface area contributed by atoms with E-state index >= 15 is 0 Å². The Morgan fingerprint density at radius 2 is 0.612 bits per heavy atom. The molecule has 67 heavy (non-hydrogen) atoms. The summed E-state index contributed by atoms with van der Waals surface area (Å²) in [6.45, 7) is 4.98. The topological polar surface area (TPSA) is 95.9 Å². The van der Waals surface area contributed by atoms with E-state index in [2.05, 4.69) is 19.2 Å². The molecule has 0 saturated heterocycles. The van der Waals surface area contributed by atoms with Crippen molar-refractivity contribution < 1.29 is 24.5 Å². The van der Waals surface area contributed by atoms with E-state index < -0.39 is 12.1 Å². The van der Waals surface area contributed by atoms with Crippen molar-refractivity contribution in [2.24, 2.45) is 0 Å². The molecule has 0 aromatic heterocycles. The van der Waals surface area contributed by atoms with Gasteiger partial charge in [0.1, 0.15) is 0 Å². The van der Waals surface area contributed by atoms with Crippen molar-refractivity contribution in [2.75, 3.05) is 13.2 Å². The van der Waals surface area contributed by atoms with Gasteiger partial charge in [-0.3, -0.25) is 9.59 Å². The molecule has 2 unspecified atom stereocenters. The molecule has 0 bridgehead atoms. The predicted molar refractivity (Wildman–Crippen MR) is 292 cm³/mol. The molecule has 0 aliphatic carbocycles. The van der Waals surface area contributed by atoms with Crippen LogP contribution in [0.4, 0.5) is 0 Å². The highest BCUT2D eigenvalue weighted by Gasteiger charge is 2.20. The predicted octanol–water partition coefficient (Wildman–Crippen LogP) is 19.1. The molecule has 2 atom stereocenters. The number of ether oxygens (including phenoxy) is 1. The number of esters is 1. The van der Waals surface area contributed by atoms with E-state index in [0.717, 1.165) is 38.5 Å². The lowest BCUT2D eigenvalue weighted by atomic mass is 10.0. The van der Waals surface area contributed by atoms with Crippen molar-refractivity contribution in [1.29, 1.82) is 0 Å². The fraction of sp³-hybridized carbons (Fsp3) is 0.967. The molecular weight excluding hydrogens is 827 g/mol. The van der Waals surface area contributed by atoms with Crippen LogP contribution in [0.15, 0.2) is 0 Å². The minimum Gasteiger partial charge on any atom is -0.466 e. The van der Waals surface area contributed by atoms with Crippen LogP contribution < -0.4 is 5.32 Å². The van der Waals surface area contributed by atoms with Crippen LogP contribution in [-0.2, 0) is 14.3 Å². The summed E-state index contributed by atoms with van der Waals surface area (Å²) in [7, 11) is 0. The highest BCUT2D eigenvalue weighted by Crippen LogP contribution is 2.18. The zero-order chi connectivity index (χ0) is 48.6. The van der Waals surface area contributed by atoms with E-state index in [9.17, 15) is 19.8 Å². The molecule has 6 heteroatoms. The molecule has 0 rings (SSSR count). The second-order valence-corrected chi connectivity index (χ2v) is 21.4. The van der Waals surface area contributed by atoms with Gasteiger partial charge in [-0.05, 0) is 25.7 Å². The first kappa shape index (κ1) is 65.9. The molecule has 0 saturated carbocycles. The second kappa shape index (κ2) is 57.4. The quantitative estimate of drug-likeness (QED) is 0.0417. The van der Waals surface area contributed by atoms with Gasteiger partial charge in [-0.2, -0.15) is 0 Å². The summed E-state index contributed by atoms with van der Waals surface area (Å²) in [6, 6.07) is -0.542. The van der Waals surface area contributed by atoms with E-state index in [1.54, 1.807) is 0 Å². The monoisotopic (exact) mass is 948 g/mol. The third-order valence-electron chi connectivity index (χ3n) is 14.7. The van der Waals surface area contributed by atoms with Gasteiger partial charge in [0.2, 0.25) is 5.91 Å². The normalized spacial score (nSPS) is 12.5. The fourth-order valence-corrected chi connectivity index (χ4v) is 9.94. The van der Waals surface area contributed by atoms with Gasteiger partial charge in [-0.1, -0.05) is 316 Å². The maximum atomic E-state index is 12.5. The van der Waals surface area contributed by atoms with Gasteiger partial charge in [0.25, 0.3) is 0 Å². The van der Waals surface area contributed by atoms with Gasteiger partial charge in [0, 0.05) is 12.8 Å². The zero-order valence-corrected chi connectivity index (χ0v) is 45.7. The number of amides is 1. The molecule has 400 valence electrons. The molecule has 0 aliphatic rings. The summed E-state index contributed by atoms with van der Waals surface area (Å²) in [5.74, 6) is -0.0216. The Hall–Kier alpha value is -1.14. The molecule has 0 aromatic rings. The Bertz CT molecular complexity index is 959. The van der Waals surface area contributed by atoms with Gasteiger partial charge in [0.05, 0.1) is 25.4 Å². The maximum Gasteiger partial charge on any atom is 0.305 e. The SMILES string of the molecule is CCCCCCCCCCCCCCCCCCCC(O)C(CO)NC(=O)CCCCCCCCCCCCCCCCCCCCCOC(=O)CCCCCCCCCCCCCCCC. The molecule has 0 aromatic carbocycles. The number of aliphatic hydroxyl groups excluding tert-OH is 2. The van der Waals surface area contributed by atoms with Crippen LogP contribution in [0.2, 0.25) is 0 Å². The van der Waals surface area contributed by atoms with Gasteiger partial charge in [-0.25, -0.2) is 0 Å². The molecule has 0 aliphatic heterocycles. The lowest BCUT2D eigenvalue weighted by molar-refractivity contribution is -0.143. The van der Waals surface area contributed by atoms with Crippen LogP contribution in [0.1, 0.15) is 354 Å². The molecule has 0 radical (unpaired) electrons. The molecule has 0 spiro atoms. The van der Waals surface area contributed by atoms with Crippen molar-refractivity contribution >= 4 is 11.9 Å². The standard InChI is InChI=1S/C61H121NO5/c1-3-5-7-9-11-13-15-17-19-23-26-29-33-37-41-45-49-53-59(64)58(57-63)62-60(65)54-50-46-42-38-34-30-27-24-21-20-22-25-28-32-36-40-44-48-52-56-67-61(66)55-51-47-43-39-35-31-18-16-14-12-10-8-6-4-2/h58-59,63-64H,3-57H2,1-2H3,(H,62,65). The number of aliphatic hydroxyl groups is 2. The van der Waals surface area contributed by atoms with E-state index in [4.69, 9.17) is 4.74 Å². The van der Waals surface area contributed by atoms with Crippen molar-refractivity contribution in [2.45, 2.75) is 366 Å². The molecular formula is C61H121NO5. The van der Waals surface area contributed by atoms with Gasteiger partial charge < -0.3 is 20.3 Å². The summed E-state index contributed by atoms with van der Waals surface area (Å²) in [5.41, 5.74) is 0. The molecule has 0 fully saturated rings. The molecule has 6 nitrogen and oxygen atoms in total. The van der Waals surface area contributed by atoms with Crippen LogP contribution in [-0.4, -0.2) is 47.4 Å². The summed E-state index contributed by atoms with van der Waals surface area (Å²) >= 11 is 0. The third kappa shape index (κ3) is 54.0. The Labute approximate surface area is 419 Å². The van der Waals surface area contributed by atoms with Crippen LogP contribution in [0.3, 0.4) is 0 Å². The number of carbonyl (C=O) groups excluding carboxylic acids is 2. The van der Waals surface area contributed by atoms with Gasteiger partial charge in [-0.15, -0.1) is 0 Å². The molecule has 3 N–H and O–H groups in total. The Kier molecular flexibility index (Phi) is 56.5. The minimum atomic E-state index is -0.665.